The summed E-state index contributed by atoms with van der Waals surface area (Å²) in [5, 5.41) is 1.89. The predicted molar refractivity (Wildman–Crippen MR) is 162 cm³/mol. The molecule has 0 spiro atoms. The summed E-state index contributed by atoms with van der Waals surface area (Å²) in [4.78, 5) is 20.2. The van der Waals surface area contributed by atoms with E-state index in [4.69, 9.17) is 4.74 Å². The molecule has 41 heavy (non-hydrogen) atoms. The fraction of sp³-hybridized carbons (Fsp3) is 0.455. The molecule has 8 heteroatoms. The number of carbonyl (C=O) groups excluding carboxylic acids is 1. The van der Waals surface area contributed by atoms with Gasteiger partial charge < -0.3 is 4.74 Å². The molecule has 216 valence electrons. The molecule has 3 heterocycles. The highest BCUT2D eigenvalue weighted by Crippen LogP contribution is 2.34. The Labute approximate surface area is 243 Å². The molecule has 7 nitrogen and oxygen atoms in total. The molecule has 0 aromatic heterocycles. The molecule has 6 rings (SSSR count). The third-order valence-electron chi connectivity index (χ3n) is 8.73. The number of amides is 1. The Morgan fingerprint density at radius 1 is 0.902 bits per heavy atom. The molecule has 3 aliphatic heterocycles. The van der Waals surface area contributed by atoms with Gasteiger partial charge in [-0.2, -0.15) is 4.31 Å². The maximum Gasteiger partial charge on any atom is 0.246 e. The zero-order valence-corrected chi connectivity index (χ0v) is 24.4. The van der Waals surface area contributed by atoms with Gasteiger partial charge in [-0.3, -0.25) is 9.69 Å². The molecule has 0 radical (unpaired) electrons. The molecule has 2 fully saturated rings. The van der Waals surface area contributed by atoms with Crippen molar-refractivity contribution in [2.45, 2.75) is 74.8 Å². The SMILES string of the molecule is O=C(C[C@@H]1CCCCN1S(=O)(=O)c1ccc2ccccc2c1)N=CC1CCOc2cc(CN3CCCCC3)ccc21. The van der Waals surface area contributed by atoms with Crippen molar-refractivity contribution in [3.05, 3.63) is 71.8 Å². The average molecular weight is 574 g/mol. The van der Waals surface area contributed by atoms with Crippen LogP contribution in [0.4, 0.5) is 0 Å². The summed E-state index contributed by atoms with van der Waals surface area (Å²) in [6.45, 7) is 4.25. The van der Waals surface area contributed by atoms with Crippen LogP contribution in [0.2, 0.25) is 0 Å². The second-order valence-electron chi connectivity index (χ2n) is 11.6. The highest BCUT2D eigenvalue weighted by Gasteiger charge is 2.35. The Hall–Kier alpha value is -3.07. The van der Waals surface area contributed by atoms with Gasteiger partial charge in [0.05, 0.1) is 11.5 Å². The van der Waals surface area contributed by atoms with Crippen molar-refractivity contribution in [2.75, 3.05) is 26.2 Å². The number of benzene rings is 3. The van der Waals surface area contributed by atoms with Crippen LogP contribution in [0.5, 0.6) is 5.75 Å². The third kappa shape index (κ3) is 6.40. The number of likely N-dealkylation sites (tertiary alicyclic amines) is 1. The normalized spacial score (nSPS) is 22.4. The topological polar surface area (TPSA) is 79.3 Å². The van der Waals surface area contributed by atoms with Crippen LogP contribution in [0.15, 0.2) is 70.6 Å². The number of hydrogen-bond acceptors (Lipinski definition) is 5. The van der Waals surface area contributed by atoms with Gasteiger partial charge in [-0.05, 0) is 79.7 Å². The molecule has 1 unspecified atom stereocenters. The molecule has 0 N–H and O–H groups in total. The van der Waals surface area contributed by atoms with E-state index in [2.05, 4.69) is 28.1 Å². The number of rotatable bonds is 7. The van der Waals surface area contributed by atoms with Gasteiger partial charge in [-0.1, -0.05) is 55.3 Å². The van der Waals surface area contributed by atoms with Crippen LogP contribution in [-0.2, 0) is 21.4 Å². The van der Waals surface area contributed by atoms with Crippen molar-refractivity contribution in [2.24, 2.45) is 4.99 Å². The first-order valence-electron chi connectivity index (χ1n) is 15.0. The van der Waals surface area contributed by atoms with Crippen LogP contribution < -0.4 is 4.74 Å². The second-order valence-corrected chi connectivity index (χ2v) is 13.5. The molecule has 1 amide bonds. The highest BCUT2D eigenvalue weighted by molar-refractivity contribution is 7.89. The van der Waals surface area contributed by atoms with Crippen molar-refractivity contribution < 1.29 is 17.9 Å². The van der Waals surface area contributed by atoms with Gasteiger partial charge in [-0.15, -0.1) is 0 Å². The zero-order valence-electron chi connectivity index (χ0n) is 23.6. The monoisotopic (exact) mass is 573 g/mol. The van der Waals surface area contributed by atoms with E-state index >= 15 is 0 Å². The van der Waals surface area contributed by atoms with Crippen molar-refractivity contribution in [3.8, 4) is 5.75 Å². The molecule has 0 saturated carbocycles. The van der Waals surface area contributed by atoms with E-state index in [1.54, 1.807) is 18.3 Å². The van der Waals surface area contributed by atoms with Crippen LogP contribution in [0, 0.1) is 0 Å². The number of hydrogen-bond donors (Lipinski definition) is 0. The number of nitrogens with zero attached hydrogens (tertiary/aromatic N) is 3. The van der Waals surface area contributed by atoms with Crippen LogP contribution in [0.3, 0.4) is 0 Å². The summed E-state index contributed by atoms with van der Waals surface area (Å²) in [5.74, 6) is 0.621. The van der Waals surface area contributed by atoms with E-state index in [1.165, 1.54) is 29.1 Å². The van der Waals surface area contributed by atoms with Gasteiger partial charge in [0, 0.05) is 43.2 Å². The van der Waals surface area contributed by atoms with Crippen LogP contribution in [-0.4, -0.2) is 62.0 Å². The van der Waals surface area contributed by atoms with Crippen LogP contribution >= 0.6 is 0 Å². The molecule has 0 aliphatic carbocycles. The highest BCUT2D eigenvalue weighted by atomic mass is 32.2. The lowest BCUT2D eigenvalue weighted by molar-refractivity contribution is -0.118. The van der Waals surface area contributed by atoms with Crippen LogP contribution in [0.25, 0.3) is 10.8 Å². The molecule has 3 aliphatic rings. The first kappa shape index (κ1) is 28.1. The fourth-order valence-corrected chi connectivity index (χ4v) is 8.20. The fourth-order valence-electron chi connectivity index (χ4n) is 6.48. The number of carbonyl (C=O) groups is 1. The van der Waals surface area contributed by atoms with E-state index < -0.39 is 10.0 Å². The molecule has 3 aromatic rings. The van der Waals surface area contributed by atoms with Gasteiger partial charge in [0.1, 0.15) is 5.75 Å². The van der Waals surface area contributed by atoms with Crippen molar-refractivity contribution in [1.29, 1.82) is 0 Å². The quantitative estimate of drug-likeness (QED) is 0.328. The summed E-state index contributed by atoms with van der Waals surface area (Å²) in [5.41, 5.74) is 2.32. The van der Waals surface area contributed by atoms with Gasteiger partial charge in [0.2, 0.25) is 15.9 Å². The molecular weight excluding hydrogens is 534 g/mol. The first-order chi connectivity index (χ1) is 20.0. The van der Waals surface area contributed by atoms with Gasteiger partial charge in [-0.25, -0.2) is 13.4 Å². The van der Waals surface area contributed by atoms with E-state index in [0.29, 0.717) is 19.6 Å². The summed E-state index contributed by atoms with van der Waals surface area (Å²) >= 11 is 0. The first-order valence-corrected chi connectivity index (χ1v) is 16.5. The summed E-state index contributed by atoms with van der Waals surface area (Å²) in [6, 6.07) is 19.0. The summed E-state index contributed by atoms with van der Waals surface area (Å²) in [7, 11) is -3.73. The smallest absolute Gasteiger partial charge is 0.246 e. The van der Waals surface area contributed by atoms with E-state index in [-0.39, 0.29) is 29.2 Å². The van der Waals surface area contributed by atoms with Gasteiger partial charge >= 0.3 is 0 Å². The Balaban J connectivity index is 1.13. The second kappa shape index (κ2) is 12.4. The molecule has 2 atom stereocenters. The lowest BCUT2D eigenvalue weighted by atomic mass is 9.93. The summed E-state index contributed by atoms with van der Waals surface area (Å²) in [6.07, 6.45) is 8.81. The minimum atomic E-state index is -3.73. The molecular formula is C33H39N3O4S. The third-order valence-corrected chi connectivity index (χ3v) is 10.7. The summed E-state index contributed by atoms with van der Waals surface area (Å²) < 4.78 is 34.9. The van der Waals surface area contributed by atoms with E-state index in [1.807, 2.05) is 30.3 Å². The number of sulfonamides is 1. The number of piperidine rings is 2. The Bertz CT molecular complexity index is 1530. The largest absolute Gasteiger partial charge is 0.493 e. The van der Waals surface area contributed by atoms with Crippen molar-refractivity contribution >= 4 is 32.9 Å². The lowest BCUT2D eigenvalue weighted by Gasteiger charge is -2.34. The van der Waals surface area contributed by atoms with Crippen molar-refractivity contribution in [3.63, 3.8) is 0 Å². The maximum absolute atomic E-state index is 13.7. The lowest BCUT2D eigenvalue weighted by Crippen LogP contribution is -2.44. The van der Waals surface area contributed by atoms with Crippen LogP contribution in [0.1, 0.15) is 68.4 Å². The van der Waals surface area contributed by atoms with E-state index in [9.17, 15) is 13.2 Å². The minimum absolute atomic E-state index is 0.00975. The minimum Gasteiger partial charge on any atom is -0.493 e. The number of aliphatic imine (C=N–C) groups is 1. The predicted octanol–water partition coefficient (Wildman–Crippen LogP) is 5.92. The Morgan fingerprint density at radius 3 is 2.56 bits per heavy atom. The Morgan fingerprint density at radius 2 is 1.71 bits per heavy atom. The number of ether oxygens (including phenoxy) is 1. The molecule has 0 bridgehead atoms. The Kier molecular flexibility index (Phi) is 8.51. The van der Waals surface area contributed by atoms with Gasteiger partial charge in [0.15, 0.2) is 0 Å². The number of fused-ring (bicyclic) bond motifs is 2. The van der Waals surface area contributed by atoms with Crippen molar-refractivity contribution in [1.82, 2.24) is 9.21 Å². The molecule has 2 saturated heterocycles. The van der Waals surface area contributed by atoms with Gasteiger partial charge in [0.25, 0.3) is 0 Å². The average Bonchev–Trinajstić information content (AvgIpc) is 3.00. The standard InChI is InChI=1S/C33H39N3O4S/c37-33(34-23-28-15-19-40-32-20-25(11-14-31(28)32)24-35-16-5-1-6-17-35)22-29-10-4-7-18-36(29)41(38,39)30-13-12-26-8-2-3-9-27(26)21-30/h2-3,8-9,11-14,20-21,23,28-29H,1,4-7,10,15-19,22,24H2/t28?,29-/m0/s1. The van der Waals surface area contributed by atoms with E-state index in [0.717, 1.165) is 61.0 Å². The maximum atomic E-state index is 13.7. The zero-order chi connectivity index (χ0) is 28.2. The molecule has 3 aromatic carbocycles.